The summed E-state index contributed by atoms with van der Waals surface area (Å²) < 4.78 is 0. The zero-order valence-corrected chi connectivity index (χ0v) is 16.1. The Hall–Kier alpha value is 0.339. The number of thiol groups is 1. The summed E-state index contributed by atoms with van der Waals surface area (Å²) in [6.45, 7) is 2.27. The second-order valence-electron chi connectivity index (χ2n) is 6.24. The Balaban J connectivity index is 0. The van der Waals surface area contributed by atoms with Gasteiger partial charge in [0.25, 0.3) is 0 Å². The molecule has 1 radical (unpaired) electrons. The van der Waals surface area contributed by atoms with E-state index in [1.54, 1.807) is 0 Å². The molecule has 0 heterocycles. The minimum absolute atomic E-state index is 0. The van der Waals surface area contributed by atoms with Gasteiger partial charge in [0, 0.05) is 17.1 Å². The first-order valence-electron chi connectivity index (χ1n) is 9.09. The number of carboxylic acid groups (broad SMARTS) is 1. The van der Waals surface area contributed by atoms with Crippen LogP contribution in [0.4, 0.5) is 0 Å². The molecule has 0 aliphatic rings. The Morgan fingerprint density at radius 2 is 1.09 bits per heavy atom. The minimum Gasteiger partial charge on any atom is -0.480 e. The van der Waals surface area contributed by atoms with Gasteiger partial charge in [0.2, 0.25) is 0 Å². The van der Waals surface area contributed by atoms with E-state index in [2.05, 4.69) is 19.6 Å². The van der Waals surface area contributed by atoms with E-state index in [4.69, 9.17) is 5.11 Å². The minimum atomic E-state index is -0.784. The fourth-order valence-electron chi connectivity index (χ4n) is 2.66. The Kier molecular flexibility index (Phi) is 21.7. The molecule has 4 heteroatoms. The van der Waals surface area contributed by atoms with Gasteiger partial charge in [-0.2, -0.15) is 12.6 Å². The number of aliphatic carboxylic acids is 1. The first-order valence-corrected chi connectivity index (χ1v) is 9.61. The van der Waals surface area contributed by atoms with E-state index in [9.17, 15) is 4.79 Å². The Morgan fingerprint density at radius 3 is 1.41 bits per heavy atom. The SMILES string of the molecule is CCCCCCCCCCCCCCCCC(S)C(=O)O.[Cu]. The summed E-state index contributed by atoms with van der Waals surface area (Å²) in [5.41, 5.74) is 0. The van der Waals surface area contributed by atoms with Gasteiger partial charge in [-0.1, -0.05) is 96.8 Å². The summed E-state index contributed by atoms with van der Waals surface area (Å²) in [6.07, 6.45) is 19.4. The molecule has 0 aromatic rings. The summed E-state index contributed by atoms with van der Waals surface area (Å²) in [5, 5.41) is 8.24. The first-order chi connectivity index (χ1) is 10.2. The Bertz CT molecular complexity index is 237. The number of carboxylic acids is 1. The molecular formula is C18H36CuO2S. The van der Waals surface area contributed by atoms with Gasteiger partial charge < -0.3 is 5.11 Å². The molecule has 0 bridgehead atoms. The molecule has 0 aromatic carbocycles. The normalized spacial score (nSPS) is 11.9. The predicted molar refractivity (Wildman–Crippen MR) is 95.3 cm³/mol. The number of hydrogen-bond acceptors (Lipinski definition) is 2. The van der Waals surface area contributed by atoms with Gasteiger partial charge in [-0.3, -0.25) is 4.79 Å². The van der Waals surface area contributed by atoms with Crippen molar-refractivity contribution < 1.29 is 27.0 Å². The maximum Gasteiger partial charge on any atom is 0.316 e. The van der Waals surface area contributed by atoms with Crippen molar-refractivity contribution in [3.63, 3.8) is 0 Å². The Morgan fingerprint density at radius 1 is 0.773 bits per heavy atom. The maximum absolute atomic E-state index is 10.6. The van der Waals surface area contributed by atoms with Crippen LogP contribution in [0.15, 0.2) is 0 Å². The predicted octanol–water partition coefficient (Wildman–Crippen LogP) is 6.24. The average molecular weight is 380 g/mol. The first kappa shape index (κ1) is 24.6. The quantitative estimate of drug-likeness (QED) is 0.189. The molecule has 0 aliphatic carbocycles. The van der Waals surface area contributed by atoms with Crippen molar-refractivity contribution in [1.29, 1.82) is 0 Å². The molecule has 1 atom stereocenters. The molecule has 2 nitrogen and oxygen atoms in total. The van der Waals surface area contributed by atoms with Gasteiger partial charge in [-0.25, -0.2) is 0 Å². The number of unbranched alkanes of at least 4 members (excludes halogenated alkanes) is 13. The number of hydrogen-bond donors (Lipinski definition) is 2. The summed E-state index contributed by atoms with van der Waals surface area (Å²) in [6, 6.07) is 0. The monoisotopic (exact) mass is 379 g/mol. The third kappa shape index (κ3) is 18.4. The topological polar surface area (TPSA) is 37.3 Å². The zero-order chi connectivity index (χ0) is 15.8. The molecule has 0 aromatic heterocycles. The number of carbonyl (C=O) groups is 1. The van der Waals surface area contributed by atoms with Crippen LogP contribution < -0.4 is 0 Å². The molecule has 0 aliphatic heterocycles. The van der Waals surface area contributed by atoms with E-state index in [0.29, 0.717) is 6.42 Å². The molecule has 0 fully saturated rings. The van der Waals surface area contributed by atoms with Gasteiger partial charge in [0.05, 0.1) is 5.25 Å². The second kappa shape index (κ2) is 19.4. The summed E-state index contributed by atoms with van der Waals surface area (Å²) in [7, 11) is 0. The zero-order valence-electron chi connectivity index (χ0n) is 14.3. The van der Waals surface area contributed by atoms with Gasteiger partial charge in [-0.05, 0) is 6.42 Å². The largest absolute Gasteiger partial charge is 0.480 e. The van der Waals surface area contributed by atoms with Crippen LogP contribution in [0, 0.1) is 0 Å². The van der Waals surface area contributed by atoms with Gasteiger partial charge >= 0.3 is 5.97 Å². The van der Waals surface area contributed by atoms with Crippen molar-refractivity contribution in [3.05, 3.63) is 0 Å². The summed E-state index contributed by atoms with van der Waals surface area (Å²) >= 11 is 4.04. The molecular weight excluding hydrogens is 344 g/mol. The van der Waals surface area contributed by atoms with Crippen LogP contribution in [0.5, 0.6) is 0 Å². The van der Waals surface area contributed by atoms with Crippen LogP contribution in [0.25, 0.3) is 0 Å². The molecule has 0 spiro atoms. The fourth-order valence-corrected chi connectivity index (χ4v) is 2.84. The molecule has 1 N–H and O–H groups in total. The van der Waals surface area contributed by atoms with Crippen LogP contribution in [0.1, 0.15) is 103 Å². The van der Waals surface area contributed by atoms with Crippen LogP contribution in [0.2, 0.25) is 0 Å². The molecule has 0 saturated heterocycles. The van der Waals surface area contributed by atoms with Gasteiger partial charge in [0.1, 0.15) is 0 Å². The Labute approximate surface area is 154 Å². The van der Waals surface area contributed by atoms with Crippen LogP contribution in [-0.4, -0.2) is 16.3 Å². The molecule has 22 heavy (non-hydrogen) atoms. The third-order valence-electron chi connectivity index (χ3n) is 4.12. The van der Waals surface area contributed by atoms with E-state index >= 15 is 0 Å². The second-order valence-corrected chi connectivity index (χ2v) is 6.86. The molecule has 0 rings (SSSR count). The summed E-state index contributed by atoms with van der Waals surface area (Å²) in [5.74, 6) is -0.784. The molecule has 0 amide bonds. The van der Waals surface area contributed by atoms with Crippen molar-refractivity contribution in [1.82, 2.24) is 0 Å². The van der Waals surface area contributed by atoms with Crippen molar-refractivity contribution in [3.8, 4) is 0 Å². The van der Waals surface area contributed by atoms with E-state index in [0.717, 1.165) is 12.8 Å². The maximum atomic E-state index is 10.6. The third-order valence-corrected chi connectivity index (χ3v) is 4.60. The van der Waals surface area contributed by atoms with Crippen molar-refractivity contribution >= 4 is 18.6 Å². The number of rotatable bonds is 16. The smallest absolute Gasteiger partial charge is 0.316 e. The molecule has 0 saturated carbocycles. The molecule has 1 unspecified atom stereocenters. The van der Waals surface area contributed by atoms with Crippen LogP contribution in [0.3, 0.4) is 0 Å². The van der Waals surface area contributed by atoms with E-state index < -0.39 is 11.2 Å². The average Bonchev–Trinajstić information content (AvgIpc) is 2.47. The van der Waals surface area contributed by atoms with Crippen molar-refractivity contribution in [2.45, 2.75) is 108 Å². The van der Waals surface area contributed by atoms with E-state index in [1.807, 2.05) is 0 Å². The summed E-state index contributed by atoms with van der Waals surface area (Å²) in [4.78, 5) is 10.6. The van der Waals surface area contributed by atoms with Gasteiger partial charge in [-0.15, -0.1) is 0 Å². The van der Waals surface area contributed by atoms with E-state index in [-0.39, 0.29) is 17.1 Å². The van der Waals surface area contributed by atoms with Crippen molar-refractivity contribution in [2.75, 3.05) is 0 Å². The van der Waals surface area contributed by atoms with Crippen LogP contribution >= 0.6 is 12.6 Å². The standard InChI is InChI=1S/C18H36O2S.Cu/c1-2-3-4-5-6-7-8-9-10-11-12-13-14-15-16-17(21)18(19)20;/h17,21H,2-16H2,1H3,(H,19,20);. The fraction of sp³-hybridized carbons (Fsp3) is 0.944. The van der Waals surface area contributed by atoms with E-state index in [1.165, 1.54) is 77.0 Å². The van der Waals surface area contributed by atoms with Gasteiger partial charge in [0.15, 0.2) is 0 Å². The van der Waals surface area contributed by atoms with Crippen LogP contribution in [-0.2, 0) is 21.9 Å². The van der Waals surface area contributed by atoms with Crippen molar-refractivity contribution in [2.24, 2.45) is 0 Å². The molecule has 137 valence electrons.